The zero-order chi connectivity index (χ0) is 13.8. The number of rotatable bonds is 7. The normalized spacial score (nSPS) is 13.9. The van der Waals surface area contributed by atoms with Gasteiger partial charge in [-0.2, -0.15) is 0 Å². The Kier molecular flexibility index (Phi) is 5.80. The third-order valence-electron chi connectivity index (χ3n) is 3.95. The van der Waals surface area contributed by atoms with E-state index in [0.717, 1.165) is 13.0 Å². The highest BCUT2D eigenvalue weighted by molar-refractivity contribution is 7.11. The van der Waals surface area contributed by atoms with E-state index in [1.165, 1.54) is 28.4 Å². The topological polar surface area (TPSA) is 24.9 Å². The lowest BCUT2D eigenvalue weighted by Gasteiger charge is -2.34. The largest absolute Gasteiger partial charge is 0.313 e. The molecule has 1 unspecified atom stereocenters. The lowest BCUT2D eigenvalue weighted by molar-refractivity contribution is 0.230. The fourth-order valence-corrected chi connectivity index (χ4v) is 2.97. The molecule has 0 radical (unpaired) electrons. The van der Waals surface area contributed by atoms with Crippen LogP contribution in [-0.2, 0) is 6.42 Å². The summed E-state index contributed by atoms with van der Waals surface area (Å²) in [6.45, 7) is 14.6. The summed E-state index contributed by atoms with van der Waals surface area (Å²) in [7, 11) is 0. The van der Waals surface area contributed by atoms with Crippen LogP contribution in [0.2, 0.25) is 0 Å². The summed E-state index contributed by atoms with van der Waals surface area (Å²) < 4.78 is 0. The molecule has 0 amide bonds. The highest BCUT2D eigenvalue weighted by atomic mass is 32.1. The summed E-state index contributed by atoms with van der Waals surface area (Å²) in [5.74, 6) is 0. The lowest BCUT2D eigenvalue weighted by atomic mass is 9.80. The van der Waals surface area contributed by atoms with Crippen LogP contribution in [0.5, 0.6) is 0 Å². The Morgan fingerprint density at radius 3 is 2.39 bits per heavy atom. The van der Waals surface area contributed by atoms with Crippen molar-refractivity contribution in [2.24, 2.45) is 5.41 Å². The smallest absolute Gasteiger partial charge is 0.0946 e. The molecule has 0 aromatic carbocycles. The van der Waals surface area contributed by atoms with E-state index in [1.807, 2.05) is 11.3 Å². The van der Waals surface area contributed by atoms with Gasteiger partial charge in [0, 0.05) is 17.3 Å². The second-order valence-electron chi connectivity index (χ2n) is 5.80. The molecule has 1 atom stereocenters. The molecule has 0 saturated heterocycles. The van der Waals surface area contributed by atoms with Gasteiger partial charge in [0.1, 0.15) is 0 Å². The monoisotopic (exact) mass is 268 g/mol. The summed E-state index contributed by atoms with van der Waals surface area (Å²) in [5, 5.41) is 4.98. The van der Waals surface area contributed by atoms with Crippen molar-refractivity contribution >= 4 is 11.3 Å². The highest BCUT2D eigenvalue weighted by Crippen LogP contribution is 2.29. The Labute approximate surface area is 116 Å². The second-order valence-corrected chi connectivity index (χ2v) is 7.09. The highest BCUT2D eigenvalue weighted by Gasteiger charge is 2.28. The van der Waals surface area contributed by atoms with Gasteiger partial charge in [-0.25, -0.2) is 4.98 Å². The standard InChI is InChI=1S/C15H28N2S/c1-7-9-16-13(15(5,6)8-2)10-14-17-11(3)12(4)18-14/h13,16H,7-10H2,1-6H3. The summed E-state index contributed by atoms with van der Waals surface area (Å²) in [6.07, 6.45) is 3.43. The Balaban J connectivity index is 2.77. The number of aromatic nitrogens is 1. The van der Waals surface area contributed by atoms with Crippen LogP contribution < -0.4 is 5.32 Å². The minimum atomic E-state index is 0.322. The van der Waals surface area contributed by atoms with E-state index in [0.29, 0.717) is 11.5 Å². The molecule has 0 saturated carbocycles. The molecule has 0 aliphatic rings. The average Bonchev–Trinajstić information content (AvgIpc) is 2.63. The first kappa shape index (κ1) is 15.6. The van der Waals surface area contributed by atoms with Crippen LogP contribution >= 0.6 is 11.3 Å². The molecule has 1 rings (SSSR count). The molecule has 0 aliphatic heterocycles. The van der Waals surface area contributed by atoms with Crippen molar-refractivity contribution in [3.63, 3.8) is 0 Å². The molecule has 0 bridgehead atoms. The lowest BCUT2D eigenvalue weighted by Crippen LogP contribution is -2.43. The third kappa shape index (κ3) is 4.06. The number of nitrogens with one attached hydrogen (secondary N) is 1. The predicted octanol–water partition coefficient (Wildman–Crippen LogP) is 4.11. The van der Waals surface area contributed by atoms with Crippen LogP contribution in [0, 0.1) is 19.3 Å². The summed E-state index contributed by atoms with van der Waals surface area (Å²) in [5.41, 5.74) is 1.52. The minimum absolute atomic E-state index is 0.322. The maximum atomic E-state index is 4.68. The zero-order valence-electron chi connectivity index (χ0n) is 12.8. The summed E-state index contributed by atoms with van der Waals surface area (Å²) in [6, 6.07) is 0.521. The van der Waals surface area contributed by atoms with Crippen LogP contribution in [-0.4, -0.2) is 17.6 Å². The van der Waals surface area contributed by atoms with Gasteiger partial charge in [0.2, 0.25) is 0 Å². The maximum absolute atomic E-state index is 4.68. The van der Waals surface area contributed by atoms with Gasteiger partial charge in [0.05, 0.1) is 10.7 Å². The SMILES string of the molecule is CCCNC(Cc1nc(C)c(C)s1)C(C)(C)CC. The molecule has 0 aliphatic carbocycles. The Morgan fingerprint density at radius 1 is 1.28 bits per heavy atom. The number of hydrogen-bond acceptors (Lipinski definition) is 3. The van der Waals surface area contributed by atoms with Crippen molar-refractivity contribution < 1.29 is 0 Å². The second kappa shape index (κ2) is 6.67. The number of thiazole rings is 1. The fourth-order valence-electron chi connectivity index (χ4n) is 1.99. The molecule has 104 valence electrons. The Morgan fingerprint density at radius 2 is 1.94 bits per heavy atom. The molecule has 0 fully saturated rings. The van der Waals surface area contributed by atoms with E-state index in [9.17, 15) is 0 Å². The fraction of sp³-hybridized carbons (Fsp3) is 0.800. The quantitative estimate of drug-likeness (QED) is 0.805. The summed E-state index contributed by atoms with van der Waals surface area (Å²) in [4.78, 5) is 6.04. The van der Waals surface area contributed by atoms with Crippen LogP contribution in [0.3, 0.4) is 0 Å². The first-order valence-corrected chi connectivity index (χ1v) is 7.88. The minimum Gasteiger partial charge on any atom is -0.313 e. The van der Waals surface area contributed by atoms with Gasteiger partial charge in [0.15, 0.2) is 0 Å². The molecule has 18 heavy (non-hydrogen) atoms. The number of aryl methyl sites for hydroxylation is 2. The zero-order valence-corrected chi connectivity index (χ0v) is 13.6. The first-order valence-electron chi connectivity index (χ1n) is 7.07. The number of hydrogen-bond donors (Lipinski definition) is 1. The average molecular weight is 268 g/mol. The Hall–Kier alpha value is -0.410. The molecule has 1 N–H and O–H groups in total. The van der Waals surface area contributed by atoms with Crippen LogP contribution in [0.15, 0.2) is 0 Å². The van der Waals surface area contributed by atoms with Gasteiger partial charge < -0.3 is 5.32 Å². The van der Waals surface area contributed by atoms with E-state index >= 15 is 0 Å². The molecule has 2 nitrogen and oxygen atoms in total. The van der Waals surface area contributed by atoms with Gasteiger partial charge in [-0.1, -0.05) is 27.7 Å². The van der Waals surface area contributed by atoms with Crippen molar-refractivity contribution in [1.82, 2.24) is 10.3 Å². The molecule has 1 aromatic rings. The van der Waals surface area contributed by atoms with E-state index in [2.05, 4.69) is 51.8 Å². The van der Waals surface area contributed by atoms with E-state index < -0.39 is 0 Å². The van der Waals surface area contributed by atoms with Crippen LogP contribution in [0.1, 0.15) is 56.1 Å². The van der Waals surface area contributed by atoms with Crippen molar-refractivity contribution in [1.29, 1.82) is 0 Å². The Bertz CT molecular complexity index is 349. The summed E-state index contributed by atoms with van der Waals surface area (Å²) >= 11 is 1.85. The van der Waals surface area contributed by atoms with Gasteiger partial charge in [0.25, 0.3) is 0 Å². The maximum Gasteiger partial charge on any atom is 0.0946 e. The molecular weight excluding hydrogens is 240 g/mol. The molecule has 1 aromatic heterocycles. The van der Waals surface area contributed by atoms with Crippen LogP contribution in [0.25, 0.3) is 0 Å². The van der Waals surface area contributed by atoms with E-state index in [1.54, 1.807) is 0 Å². The van der Waals surface area contributed by atoms with Gasteiger partial charge in [-0.3, -0.25) is 0 Å². The molecule has 0 spiro atoms. The molecular formula is C15H28N2S. The van der Waals surface area contributed by atoms with Crippen molar-refractivity contribution in [2.75, 3.05) is 6.54 Å². The van der Waals surface area contributed by atoms with Crippen LogP contribution in [0.4, 0.5) is 0 Å². The van der Waals surface area contributed by atoms with Gasteiger partial charge >= 0.3 is 0 Å². The molecule has 3 heteroatoms. The predicted molar refractivity (Wildman–Crippen MR) is 81.4 cm³/mol. The van der Waals surface area contributed by atoms with Gasteiger partial charge in [-0.15, -0.1) is 11.3 Å². The van der Waals surface area contributed by atoms with Gasteiger partial charge in [-0.05, 0) is 38.6 Å². The first-order chi connectivity index (χ1) is 8.40. The number of nitrogens with zero attached hydrogens (tertiary/aromatic N) is 1. The van der Waals surface area contributed by atoms with Crippen molar-refractivity contribution in [3.05, 3.63) is 15.6 Å². The van der Waals surface area contributed by atoms with E-state index in [4.69, 9.17) is 0 Å². The van der Waals surface area contributed by atoms with E-state index in [-0.39, 0.29) is 0 Å². The third-order valence-corrected chi connectivity index (χ3v) is 5.04. The van der Waals surface area contributed by atoms with Crippen molar-refractivity contribution in [3.8, 4) is 0 Å². The molecule has 1 heterocycles. The van der Waals surface area contributed by atoms with Crippen molar-refractivity contribution in [2.45, 2.75) is 66.8 Å².